The Balaban J connectivity index is 1.45. The van der Waals surface area contributed by atoms with Crippen molar-refractivity contribution in [1.82, 2.24) is 23.9 Å². The minimum Gasteiger partial charge on any atom is -0.367 e. The van der Waals surface area contributed by atoms with E-state index in [1.807, 2.05) is 11.0 Å². The molecule has 1 aliphatic rings. The SMILES string of the molecule is Cn1c(=O)c2c(C(=O)NCCN3CCN(c4ccccc4F)CC3)cc(=O)n(C)c2n(C)c1=O. The molecular weight excluding hydrogens is 443 g/mol. The van der Waals surface area contributed by atoms with E-state index in [4.69, 9.17) is 0 Å². The fourth-order valence-electron chi connectivity index (χ4n) is 4.38. The first kappa shape index (κ1) is 23.4. The molecule has 0 bridgehead atoms. The van der Waals surface area contributed by atoms with Gasteiger partial charge in [0.2, 0.25) is 0 Å². The lowest BCUT2D eigenvalue weighted by molar-refractivity contribution is 0.0949. The minimum absolute atomic E-state index is 0.0164. The van der Waals surface area contributed by atoms with Gasteiger partial charge in [-0.1, -0.05) is 12.1 Å². The van der Waals surface area contributed by atoms with E-state index in [0.717, 1.165) is 10.6 Å². The molecular formula is C23H27FN6O4. The van der Waals surface area contributed by atoms with Crippen molar-refractivity contribution in [2.45, 2.75) is 0 Å². The number of aryl methyl sites for hydroxylation is 2. The molecule has 3 aromatic rings. The topological polar surface area (TPSA) is 102 Å². The Labute approximate surface area is 194 Å². The van der Waals surface area contributed by atoms with Crippen molar-refractivity contribution in [1.29, 1.82) is 0 Å². The van der Waals surface area contributed by atoms with Gasteiger partial charge in [0.05, 0.1) is 16.6 Å². The number of nitrogens with zero attached hydrogens (tertiary/aromatic N) is 5. The molecule has 2 aromatic heterocycles. The number of rotatable bonds is 5. The first-order valence-electron chi connectivity index (χ1n) is 11.0. The summed E-state index contributed by atoms with van der Waals surface area (Å²) in [6.45, 7) is 3.62. The summed E-state index contributed by atoms with van der Waals surface area (Å²) in [7, 11) is 4.23. The van der Waals surface area contributed by atoms with Gasteiger partial charge in [-0.2, -0.15) is 0 Å². The van der Waals surface area contributed by atoms with E-state index < -0.39 is 22.7 Å². The highest BCUT2D eigenvalue weighted by Crippen LogP contribution is 2.20. The highest BCUT2D eigenvalue weighted by Gasteiger charge is 2.22. The van der Waals surface area contributed by atoms with Gasteiger partial charge in [-0.05, 0) is 12.1 Å². The van der Waals surface area contributed by atoms with Gasteiger partial charge in [-0.3, -0.25) is 33.0 Å². The predicted molar refractivity (Wildman–Crippen MR) is 127 cm³/mol. The monoisotopic (exact) mass is 470 g/mol. The molecule has 0 spiro atoms. The third-order valence-electron chi connectivity index (χ3n) is 6.34. The van der Waals surface area contributed by atoms with Gasteiger partial charge in [0.15, 0.2) is 0 Å². The van der Waals surface area contributed by atoms with Gasteiger partial charge in [0, 0.05) is 66.5 Å². The van der Waals surface area contributed by atoms with E-state index in [2.05, 4.69) is 10.2 Å². The Morgan fingerprint density at radius 1 is 0.971 bits per heavy atom. The molecule has 1 saturated heterocycles. The summed E-state index contributed by atoms with van der Waals surface area (Å²) in [5.74, 6) is -0.795. The normalized spacial score (nSPS) is 14.5. The number of anilines is 1. The molecule has 0 atom stereocenters. The number of carbonyl (C=O) groups excluding carboxylic acids is 1. The predicted octanol–water partition coefficient (Wildman–Crippen LogP) is -0.373. The highest BCUT2D eigenvalue weighted by atomic mass is 19.1. The average Bonchev–Trinajstić information content (AvgIpc) is 2.83. The second-order valence-electron chi connectivity index (χ2n) is 8.40. The number of pyridine rings is 1. The van der Waals surface area contributed by atoms with Crippen LogP contribution < -0.4 is 27.0 Å². The molecule has 3 heterocycles. The zero-order chi connectivity index (χ0) is 24.6. The maximum Gasteiger partial charge on any atom is 0.332 e. The molecule has 1 amide bonds. The molecule has 0 aliphatic carbocycles. The van der Waals surface area contributed by atoms with Crippen LogP contribution in [0.5, 0.6) is 0 Å². The van der Waals surface area contributed by atoms with E-state index in [-0.39, 0.29) is 22.4 Å². The van der Waals surface area contributed by atoms with E-state index >= 15 is 0 Å². The van der Waals surface area contributed by atoms with Crippen molar-refractivity contribution in [3.8, 4) is 0 Å². The van der Waals surface area contributed by atoms with E-state index in [1.165, 1.54) is 36.3 Å². The second kappa shape index (κ2) is 9.26. The van der Waals surface area contributed by atoms with Gasteiger partial charge in [-0.15, -0.1) is 0 Å². The van der Waals surface area contributed by atoms with Crippen LogP contribution in [0.3, 0.4) is 0 Å². The number of hydrogen-bond acceptors (Lipinski definition) is 6. The van der Waals surface area contributed by atoms with Crippen molar-refractivity contribution < 1.29 is 9.18 Å². The van der Waals surface area contributed by atoms with Crippen LogP contribution in [0.2, 0.25) is 0 Å². The molecule has 10 nitrogen and oxygen atoms in total. The molecule has 34 heavy (non-hydrogen) atoms. The van der Waals surface area contributed by atoms with Crippen molar-refractivity contribution in [3.63, 3.8) is 0 Å². The van der Waals surface area contributed by atoms with Crippen LogP contribution in [0.1, 0.15) is 10.4 Å². The third-order valence-corrected chi connectivity index (χ3v) is 6.34. The summed E-state index contributed by atoms with van der Waals surface area (Å²) < 4.78 is 17.3. The van der Waals surface area contributed by atoms with Gasteiger partial charge in [0.1, 0.15) is 11.5 Å². The van der Waals surface area contributed by atoms with Crippen molar-refractivity contribution in [3.05, 3.63) is 72.9 Å². The van der Waals surface area contributed by atoms with Crippen LogP contribution in [-0.2, 0) is 21.1 Å². The summed E-state index contributed by atoms with van der Waals surface area (Å²) in [4.78, 5) is 54.6. The average molecular weight is 471 g/mol. The largest absolute Gasteiger partial charge is 0.367 e. The summed E-state index contributed by atoms with van der Waals surface area (Å²) in [6, 6.07) is 7.81. The first-order chi connectivity index (χ1) is 16.2. The number of amides is 1. The third kappa shape index (κ3) is 4.14. The van der Waals surface area contributed by atoms with Crippen LogP contribution in [0, 0.1) is 5.82 Å². The zero-order valence-corrected chi connectivity index (χ0v) is 19.4. The van der Waals surface area contributed by atoms with Gasteiger partial charge < -0.3 is 10.2 Å². The maximum atomic E-state index is 14.0. The summed E-state index contributed by atoms with van der Waals surface area (Å²) in [5, 5.41) is 2.80. The summed E-state index contributed by atoms with van der Waals surface area (Å²) >= 11 is 0. The molecule has 0 radical (unpaired) electrons. The fourth-order valence-corrected chi connectivity index (χ4v) is 4.38. The van der Waals surface area contributed by atoms with Crippen LogP contribution in [0.25, 0.3) is 11.0 Å². The number of fused-ring (bicyclic) bond motifs is 1. The number of para-hydroxylation sites is 1. The Morgan fingerprint density at radius 2 is 1.65 bits per heavy atom. The molecule has 0 saturated carbocycles. The highest BCUT2D eigenvalue weighted by molar-refractivity contribution is 6.05. The smallest absolute Gasteiger partial charge is 0.332 e. The quantitative estimate of drug-likeness (QED) is 0.546. The number of benzene rings is 1. The van der Waals surface area contributed by atoms with Crippen molar-refractivity contribution >= 4 is 22.6 Å². The number of nitrogens with one attached hydrogen (secondary N) is 1. The van der Waals surface area contributed by atoms with Crippen molar-refractivity contribution in [2.75, 3.05) is 44.2 Å². The van der Waals surface area contributed by atoms with Crippen LogP contribution in [-0.4, -0.2) is 63.8 Å². The molecule has 1 N–H and O–H groups in total. The van der Waals surface area contributed by atoms with E-state index in [0.29, 0.717) is 45.0 Å². The molecule has 1 fully saturated rings. The Morgan fingerprint density at radius 3 is 2.32 bits per heavy atom. The van der Waals surface area contributed by atoms with Crippen LogP contribution in [0.4, 0.5) is 10.1 Å². The molecule has 4 rings (SSSR count). The Kier molecular flexibility index (Phi) is 6.38. The van der Waals surface area contributed by atoms with Crippen LogP contribution in [0.15, 0.2) is 44.7 Å². The first-order valence-corrected chi connectivity index (χ1v) is 11.0. The number of halogens is 1. The van der Waals surface area contributed by atoms with E-state index in [1.54, 1.807) is 12.1 Å². The van der Waals surface area contributed by atoms with Crippen LogP contribution >= 0.6 is 0 Å². The molecule has 1 aromatic carbocycles. The maximum absolute atomic E-state index is 14.0. The molecule has 11 heteroatoms. The number of hydrogen-bond donors (Lipinski definition) is 1. The number of carbonyl (C=O) groups is 1. The molecule has 180 valence electrons. The fraction of sp³-hybridized carbons (Fsp3) is 0.391. The Hall–Kier alpha value is -3.73. The minimum atomic E-state index is -0.636. The molecule has 0 unspecified atom stereocenters. The number of aromatic nitrogens is 3. The lowest BCUT2D eigenvalue weighted by atomic mass is 10.1. The van der Waals surface area contributed by atoms with E-state index in [9.17, 15) is 23.6 Å². The summed E-state index contributed by atoms with van der Waals surface area (Å²) in [6.07, 6.45) is 0. The number of piperazine rings is 1. The summed E-state index contributed by atoms with van der Waals surface area (Å²) in [5.41, 5.74) is -1.09. The van der Waals surface area contributed by atoms with Gasteiger partial charge in [0.25, 0.3) is 17.0 Å². The molecule has 1 aliphatic heterocycles. The second-order valence-corrected chi connectivity index (χ2v) is 8.40. The lowest BCUT2D eigenvalue weighted by Gasteiger charge is -2.36. The Bertz CT molecular complexity index is 1430. The zero-order valence-electron chi connectivity index (χ0n) is 19.4. The standard InChI is InChI=1S/C23H27FN6O4/c1-26-18(31)14-15(19-21(26)27(2)23(34)28(3)22(19)33)20(32)25-8-9-29-10-12-30(13-11-29)17-7-5-4-6-16(17)24/h4-7,14H,8-13H2,1-3H3,(H,25,32). The van der Waals surface area contributed by atoms with Gasteiger partial charge in [-0.25, -0.2) is 9.18 Å². The lowest BCUT2D eigenvalue weighted by Crippen LogP contribution is -2.48. The van der Waals surface area contributed by atoms with Crippen molar-refractivity contribution in [2.24, 2.45) is 21.1 Å². The van der Waals surface area contributed by atoms with Gasteiger partial charge >= 0.3 is 5.69 Å².